The number of carbonyl (C=O) groups is 4. The lowest BCUT2D eigenvalue weighted by Crippen LogP contribution is -2.55. The molecule has 4 atom stereocenters. The first-order valence-electron chi connectivity index (χ1n) is 14.8. The highest BCUT2D eigenvalue weighted by Gasteiger charge is 2.34. The van der Waals surface area contributed by atoms with Crippen LogP contribution in [0.15, 0.2) is 53.1 Å². The Balaban J connectivity index is 1.33. The smallest absolute Gasteiger partial charge is 0.274 e. The number of hydrogen-bond acceptors (Lipinski definition) is 7. The molecule has 1 aliphatic carbocycles. The van der Waals surface area contributed by atoms with Crippen LogP contribution in [-0.4, -0.2) is 53.5 Å². The van der Waals surface area contributed by atoms with Gasteiger partial charge in [0.15, 0.2) is 5.69 Å². The first kappa shape index (κ1) is 29.8. The summed E-state index contributed by atoms with van der Waals surface area (Å²) in [6, 6.07) is 14.3. The lowest BCUT2D eigenvalue weighted by atomic mass is 9.92. The zero-order valence-corrected chi connectivity index (χ0v) is 24.1. The van der Waals surface area contributed by atoms with Crippen molar-refractivity contribution in [3.8, 4) is 6.07 Å². The van der Waals surface area contributed by atoms with Crippen LogP contribution >= 0.6 is 0 Å². The number of nitrogens with one attached hydrogen (secondary N) is 4. The molecule has 2 aliphatic rings. The highest BCUT2D eigenvalue weighted by molar-refractivity contribution is 5.98. The quantitative estimate of drug-likeness (QED) is 0.254. The fourth-order valence-corrected chi connectivity index (χ4v) is 5.56. The topological polar surface area (TPSA) is 166 Å². The fraction of sp³-hybridized carbons (Fsp3) is 0.438. The van der Waals surface area contributed by atoms with Gasteiger partial charge in [0.25, 0.3) is 5.91 Å². The SMILES string of the molecule is Cc1cc(C(=O)N[C@@H](Cc2cccc3ccccc23)C(=O)N[C@@H](CC2CC2)C(=O)N[C@H](C#N)C[C@@H]2CCCNC2=O)no1. The molecular formula is C32H36N6O5. The zero-order chi connectivity index (χ0) is 30.3. The Morgan fingerprint density at radius 2 is 1.79 bits per heavy atom. The van der Waals surface area contributed by atoms with Crippen LogP contribution < -0.4 is 21.3 Å². The number of carbonyl (C=O) groups excluding carboxylic acids is 4. The molecule has 11 nitrogen and oxygen atoms in total. The minimum absolute atomic E-state index is 0.0455. The lowest BCUT2D eigenvalue weighted by Gasteiger charge is -2.26. The molecule has 4 N–H and O–H groups in total. The predicted octanol–water partition coefficient (Wildman–Crippen LogP) is 2.69. The summed E-state index contributed by atoms with van der Waals surface area (Å²) in [7, 11) is 0. The summed E-state index contributed by atoms with van der Waals surface area (Å²) in [6.45, 7) is 2.28. The molecule has 2 aromatic carbocycles. The van der Waals surface area contributed by atoms with Crippen LogP contribution in [0.2, 0.25) is 0 Å². The lowest BCUT2D eigenvalue weighted by molar-refractivity contribution is -0.130. The maximum atomic E-state index is 13.8. The molecule has 0 bridgehead atoms. The average molecular weight is 585 g/mol. The Bertz CT molecular complexity index is 1530. The van der Waals surface area contributed by atoms with E-state index in [4.69, 9.17) is 4.52 Å². The third-order valence-corrected chi connectivity index (χ3v) is 8.08. The fourth-order valence-electron chi connectivity index (χ4n) is 5.56. The third-order valence-electron chi connectivity index (χ3n) is 8.08. The van der Waals surface area contributed by atoms with E-state index in [2.05, 4.69) is 32.5 Å². The van der Waals surface area contributed by atoms with Gasteiger partial charge >= 0.3 is 0 Å². The second kappa shape index (κ2) is 13.5. The summed E-state index contributed by atoms with van der Waals surface area (Å²) in [5.74, 6) is -1.30. The van der Waals surface area contributed by atoms with Gasteiger partial charge in [-0.2, -0.15) is 5.26 Å². The van der Waals surface area contributed by atoms with Gasteiger partial charge in [-0.1, -0.05) is 60.5 Å². The largest absolute Gasteiger partial charge is 0.361 e. The number of rotatable bonds is 12. The molecule has 224 valence electrons. The molecule has 2 fully saturated rings. The second-order valence-electron chi connectivity index (χ2n) is 11.5. The van der Waals surface area contributed by atoms with E-state index in [0.717, 1.165) is 35.6 Å². The van der Waals surface area contributed by atoms with E-state index < -0.39 is 35.8 Å². The summed E-state index contributed by atoms with van der Waals surface area (Å²) in [6.07, 6.45) is 4.16. The van der Waals surface area contributed by atoms with Crippen LogP contribution in [0, 0.1) is 30.1 Å². The molecule has 0 unspecified atom stereocenters. The van der Waals surface area contributed by atoms with Crippen molar-refractivity contribution in [3.63, 3.8) is 0 Å². The van der Waals surface area contributed by atoms with E-state index in [0.29, 0.717) is 25.1 Å². The number of aryl methyl sites for hydroxylation is 1. The molecule has 1 aromatic heterocycles. The summed E-state index contributed by atoms with van der Waals surface area (Å²) in [5, 5.41) is 26.7. The molecule has 11 heteroatoms. The van der Waals surface area contributed by atoms with Gasteiger partial charge in [-0.15, -0.1) is 0 Å². The van der Waals surface area contributed by atoms with E-state index in [9.17, 15) is 24.4 Å². The number of amides is 4. The number of nitrogens with zero attached hydrogens (tertiary/aromatic N) is 2. The van der Waals surface area contributed by atoms with Crippen molar-refractivity contribution in [1.82, 2.24) is 26.4 Å². The molecule has 4 amide bonds. The summed E-state index contributed by atoms with van der Waals surface area (Å²) in [4.78, 5) is 52.6. The minimum Gasteiger partial charge on any atom is -0.361 e. The van der Waals surface area contributed by atoms with E-state index in [1.165, 1.54) is 6.07 Å². The predicted molar refractivity (Wildman–Crippen MR) is 157 cm³/mol. The van der Waals surface area contributed by atoms with E-state index in [1.54, 1.807) is 6.92 Å². The van der Waals surface area contributed by atoms with Crippen molar-refractivity contribution in [2.24, 2.45) is 11.8 Å². The molecule has 1 aliphatic heterocycles. The van der Waals surface area contributed by atoms with Crippen LogP contribution in [0.1, 0.15) is 60.3 Å². The van der Waals surface area contributed by atoms with Crippen LogP contribution in [0.25, 0.3) is 10.8 Å². The molecule has 3 aromatic rings. The Labute approximate surface area is 249 Å². The molecule has 1 saturated heterocycles. The van der Waals surface area contributed by atoms with Crippen LogP contribution in [0.4, 0.5) is 0 Å². The van der Waals surface area contributed by atoms with Gasteiger partial charge < -0.3 is 25.8 Å². The van der Waals surface area contributed by atoms with Crippen molar-refractivity contribution in [2.45, 2.75) is 70.0 Å². The van der Waals surface area contributed by atoms with Gasteiger partial charge in [0.1, 0.15) is 23.9 Å². The van der Waals surface area contributed by atoms with E-state index in [-0.39, 0.29) is 36.3 Å². The molecule has 5 rings (SSSR count). The monoisotopic (exact) mass is 584 g/mol. The molecule has 0 radical (unpaired) electrons. The second-order valence-corrected chi connectivity index (χ2v) is 11.5. The number of benzene rings is 2. The number of aromatic nitrogens is 1. The standard InChI is InChI=1S/C32H36N6O5/c1-19-14-28(38-43-19)32(42)37-27(17-22-8-4-7-21-6-2-3-10-25(21)22)31(41)36-26(15-20-11-12-20)30(40)35-24(18-33)16-23-9-5-13-34-29(23)39/h2-4,6-8,10,14,20,23-24,26-27H,5,9,11-13,15-17H2,1H3,(H,34,39)(H,35,40)(H,36,41)(H,37,42)/t23-,24-,26-,27-/m0/s1. The van der Waals surface area contributed by atoms with Crippen LogP contribution in [0.3, 0.4) is 0 Å². The number of fused-ring (bicyclic) bond motifs is 1. The van der Waals surface area contributed by atoms with Gasteiger partial charge in [0.2, 0.25) is 17.7 Å². The van der Waals surface area contributed by atoms with Gasteiger partial charge in [0.05, 0.1) is 6.07 Å². The van der Waals surface area contributed by atoms with E-state index >= 15 is 0 Å². The van der Waals surface area contributed by atoms with Crippen molar-refractivity contribution >= 4 is 34.4 Å². The highest BCUT2D eigenvalue weighted by Crippen LogP contribution is 2.33. The molecule has 0 spiro atoms. The Kier molecular flexibility index (Phi) is 9.35. The molecule has 2 heterocycles. The summed E-state index contributed by atoms with van der Waals surface area (Å²) < 4.78 is 5.04. The highest BCUT2D eigenvalue weighted by atomic mass is 16.5. The van der Waals surface area contributed by atoms with Gasteiger partial charge in [-0.25, -0.2) is 0 Å². The maximum Gasteiger partial charge on any atom is 0.274 e. The Hall–Kier alpha value is -4.72. The normalized spacial score (nSPS) is 18.5. The molecule has 1 saturated carbocycles. The summed E-state index contributed by atoms with van der Waals surface area (Å²) >= 11 is 0. The first-order chi connectivity index (χ1) is 20.8. The van der Waals surface area contributed by atoms with Crippen molar-refractivity contribution in [2.75, 3.05) is 6.54 Å². The van der Waals surface area contributed by atoms with Crippen LogP contribution in [-0.2, 0) is 20.8 Å². The van der Waals surface area contributed by atoms with Crippen LogP contribution in [0.5, 0.6) is 0 Å². The van der Waals surface area contributed by atoms with Crippen molar-refractivity contribution < 1.29 is 23.7 Å². The third kappa shape index (κ3) is 7.77. The van der Waals surface area contributed by atoms with Gasteiger partial charge in [-0.05, 0) is 54.9 Å². The number of hydrogen-bond donors (Lipinski definition) is 4. The first-order valence-corrected chi connectivity index (χ1v) is 14.8. The minimum atomic E-state index is -1.03. The Morgan fingerprint density at radius 1 is 1.02 bits per heavy atom. The van der Waals surface area contributed by atoms with Crippen molar-refractivity contribution in [1.29, 1.82) is 5.26 Å². The zero-order valence-electron chi connectivity index (χ0n) is 24.1. The molecule has 43 heavy (non-hydrogen) atoms. The number of nitriles is 1. The number of piperidine rings is 1. The maximum absolute atomic E-state index is 13.8. The van der Waals surface area contributed by atoms with Crippen molar-refractivity contribution in [3.05, 3.63) is 65.5 Å². The van der Waals surface area contributed by atoms with Gasteiger partial charge in [-0.3, -0.25) is 19.2 Å². The van der Waals surface area contributed by atoms with Gasteiger partial charge in [0, 0.05) is 24.9 Å². The average Bonchev–Trinajstić information content (AvgIpc) is 3.72. The molecular weight excluding hydrogens is 548 g/mol. The van der Waals surface area contributed by atoms with E-state index in [1.807, 2.05) is 42.5 Å². The summed E-state index contributed by atoms with van der Waals surface area (Å²) in [5.41, 5.74) is 0.900. The Morgan fingerprint density at radius 3 is 2.51 bits per heavy atom.